The van der Waals surface area contributed by atoms with Crippen LogP contribution in [-0.2, 0) is 0 Å². The lowest BCUT2D eigenvalue weighted by atomic mass is 10.2. The van der Waals surface area contributed by atoms with Crippen molar-refractivity contribution in [3.63, 3.8) is 0 Å². The van der Waals surface area contributed by atoms with Crippen molar-refractivity contribution in [3.05, 3.63) is 18.5 Å². The van der Waals surface area contributed by atoms with E-state index in [1.165, 1.54) is 19.3 Å². The lowest BCUT2D eigenvalue weighted by Crippen LogP contribution is -2.34. The second kappa shape index (κ2) is 3.77. The summed E-state index contributed by atoms with van der Waals surface area (Å²) in [7, 11) is 0. The molecule has 1 rings (SSSR count). The largest absolute Gasteiger partial charge is 0.397 e. The second-order valence-corrected chi connectivity index (χ2v) is 3.29. The van der Waals surface area contributed by atoms with E-state index in [9.17, 15) is 8.78 Å². The highest BCUT2D eigenvalue weighted by atomic mass is 19.3. The predicted molar refractivity (Wildman–Crippen MR) is 52.4 cm³/mol. The van der Waals surface area contributed by atoms with Gasteiger partial charge < -0.3 is 11.1 Å². The van der Waals surface area contributed by atoms with E-state index >= 15 is 0 Å². The fraction of sp³-hybridized carbons (Fsp3) is 0.444. The Balaban J connectivity index is 2.75. The first-order chi connectivity index (χ1) is 6.41. The molecule has 0 saturated carbocycles. The maximum atomic E-state index is 12.8. The van der Waals surface area contributed by atoms with E-state index in [2.05, 4.69) is 10.3 Å². The molecule has 1 atom stereocenters. The molecule has 1 unspecified atom stereocenters. The topological polar surface area (TPSA) is 50.9 Å². The predicted octanol–water partition coefficient (Wildman–Crippen LogP) is 2.12. The lowest BCUT2D eigenvalue weighted by molar-refractivity contribution is 0.00702. The van der Waals surface area contributed by atoms with E-state index in [0.29, 0.717) is 11.4 Å². The van der Waals surface area contributed by atoms with Gasteiger partial charge in [0.15, 0.2) is 0 Å². The molecule has 0 aromatic carbocycles. The smallest absolute Gasteiger partial charge is 0.264 e. The molecule has 3 nitrogen and oxygen atoms in total. The molecule has 0 spiro atoms. The number of pyridine rings is 1. The third-order valence-electron chi connectivity index (χ3n) is 1.99. The molecular formula is C9H13F2N3. The normalized spacial score (nSPS) is 13.7. The van der Waals surface area contributed by atoms with Crippen LogP contribution in [0.25, 0.3) is 0 Å². The average molecular weight is 201 g/mol. The van der Waals surface area contributed by atoms with Crippen LogP contribution in [0.2, 0.25) is 0 Å². The van der Waals surface area contributed by atoms with Crippen molar-refractivity contribution in [2.24, 2.45) is 0 Å². The average Bonchev–Trinajstić information content (AvgIpc) is 2.07. The molecule has 3 N–H and O–H groups in total. The molecule has 0 radical (unpaired) electrons. The van der Waals surface area contributed by atoms with Gasteiger partial charge in [-0.25, -0.2) is 8.78 Å². The standard InChI is InChI=1S/C9H13F2N3/c1-6(9(2,10)11)14-8-5-13-4-3-7(8)12/h3-6,14H,1-2H3,(H2,12,13). The number of aromatic nitrogens is 1. The van der Waals surface area contributed by atoms with Crippen LogP contribution in [0.15, 0.2) is 18.5 Å². The Hall–Kier alpha value is -1.39. The van der Waals surface area contributed by atoms with Crippen molar-refractivity contribution >= 4 is 11.4 Å². The molecule has 0 aliphatic carbocycles. The molecule has 78 valence electrons. The van der Waals surface area contributed by atoms with E-state index in [4.69, 9.17) is 5.73 Å². The minimum atomic E-state index is -2.79. The summed E-state index contributed by atoms with van der Waals surface area (Å²) in [6, 6.07) is 0.581. The zero-order valence-electron chi connectivity index (χ0n) is 8.09. The van der Waals surface area contributed by atoms with Crippen molar-refractivity contribution in [3.8, 4) is 0 Å². The van der Waals surface area contributed by atoms with Crippen LogP contribution >= 0.6 is 0 Å². The van der Waals surface area contributed by atoms with Crippen LogP contribution < -0.4 is 11.1 Å². The van der Waals surface area contributed by atoms with Gasteiger partial charge in [-0.3, -0.25) is 4.98 Å². The number of anilines is 2. The highest BCUT2D eigenvalue weighted by Gasteiger charge is 2.30. The highest BCUT2D eigenvalue weighted by molar-refractivity contribution is 5.64. The molecule has 0 fully saturated rings. The van der Waals surface area contributed by atoms with Gasteiger partial charge in [-0.15, -0.1) is 0 Å². The minimum absolute atomic E-state index is 0.413. The summed E-state index contributed by atoms with van der Waals surface area (Å²) in [6.07, 6.45) is 2.94. The fourth-order valence-electron chi connectivity index (χ4n) is 0.886. The van der Waals surface area contributed by atoms with E-state index in [1.54, 1.807) is 6.07 Å². The number of rotatable bonds is 3. The summed E-state index contributed by atoms with van der Waals surface area (Å²) in [6.45, 7) is 2.25. The fourth-order valence-corrected chi connectivity index (χ4v) is 0.886. The van der Waals surface area contributed by atoms with Gasteiger partial charge in [0, 0.05) is 13.1 Å². The molecule has 0 saturated heterocycles. The number of halogens is 2. The van der Waals surface area contributed by atoms with Crippen molar-refractivity contribution < 1.29 is 8.78 Å². The van der Waals surface area contributed by atoms with Gasteiger partial charge in [0.05, 0.1) is 23.6 Å². The van der Waals surface area contributed by atoms with Gasteiger partial charge in [0.2, 0.25) is 0 Å². The highest BCUT2D eigenvalue weighted by Crippen LogP contribution is 2.23. The van der Waals surface area contributed by atoms with Crippen molar-refractivity contribution in [1.29, 1.82) is 0 Å². The zero-order valence-corrected chi connectivity index (χ0v) is 8.09. The first kappa shape index (κ1) is 10.7. The van der Waals surface area contributed by atoms with Crippen molar-refractivity contribution in [1.82, 2.24) is 4.98 Å². The Kier molecular flexibility index (Phi) is 2.88. The van der Waals surface area contributed by atoms with Crippen molar-refractivity contribution in [2.75, 3.05) is 11.1 Å². The molecule has 1 aromatic heterocycles. The minimum Gasteiger partial charge on any atom is -0.397 e. The SMILES string of the molecule is CC(Nc1cnccc1N)C(C)(F)F. The van der Waals surface area contributed by atoms with E-state index in [-0.39, 0.29) is 0 Å². The van der Waals surface area contributed by atoms with Gasteiger partial charge in [-0.2, -0.15) is 0 Å². The summed E-state index contributed by atoms with van der Waals surface area (Å²) in [5.41, 5.74) is 6.41. The number of hydrogen-bond donors (Lipinski definition) is 2. The third-order valence-corrected chi connectivity index (χ3v) is 1.99. The Morgan fingerprint density at radius 3 is 2.71 bits per heavy atom. The zero-order chi connectivity index (χ0) is 10.8. The van der Waals surface area contributed by atoms with Crippen LogP contribution in [0.5, 0.6) is 0 Å². The summed E-state index contributed by atoms with van der Waals surface area (Å²) < 4.78 is 25.6. The Bertz CT molecular complexity index is 309. The molecule has 5 heteroatoms. The summed E-state index contributed by atoms with van der Waals surface area (Å²) >= 11 is 0. The number of nitrogens with one attached hydrogen (secondary N) is 1. The molecule has 14 heavy (non-hydrogen) atoms. The molecule has 0 amide bonds. The summed E-state index contributed by atoms with van der Waals surface area (Å²) in [4.78, 5) is 3.79. The maximum absolute atomic E-state index is 12.8. The summed E-state index contributed by atoms with van der Waals surface area (Å²) in [5, 5.41) is 2.61. The number of nitrogens with zero attached hydrogens (tertiary/aromatic N) is 1. The Labute approximate surface area is 81.3 Å². The monoisotopic (exact) mass is 201 g/mol. The van der Waals surface area contributed by atoms with Crippen molar-refractivity contribution in [2.45, 2.75) is 25.8 Å². The van der Waals surface area contributed by atoms with Crippen LogP contribution in [0.4, 0.5) is 20.2 Å². The van der Waals surface area contributed by atoms with Crippen LogP contribution in [0.3, 0.4) is 0 Å². The first-order valence-corrected chi connectivity index (χ1v) is 4.25. The quantitative estimate of drug-likeness (QED) is 0.787. The molecular weight excluding hydrogens is 188 g/mol. The number of hydrogen-bond acceptors (Lipinski definition) is 3. The van der Waals surface area contributed by atoms with Gasteiger partial charge in [-0.1, -0.05) is 0 Å². The van der Waals surface area contributed by atoms with E-state index < -0.39 is 12.0 Å². The van der Waals surface area contributed by atoms with Crippen LogP contribution in [0, 0.1) is 0 Å². The second-order valence-electron chi connectivity index (χ2n) is 3.29. The molecule has 0 aliphatic heterocycles. The van der Waals surface area contributed by atoms with E-state index in [0.717, 1.165) is 6.92 Å². The number of alkyl halides is 2. The third kappa shape index (κ3) is 2.55. The number of nitrogen functional groups attached to an aromatic ring is 1. The maximum Gasteiger partial charge on any atom is 0.264 e. The molecule has 0 bridgehead atoms. The Morgan fingerprint density at radius 2 is 2.21 bits per heavy atom. The Morgan fingerprint density at radius 1 is 1.57 bits per heavy atom. The van der Waals surface area contributed by atoms with Crippen LogP contribution in [0.1, 0.15) is 13.8 Å². The van der Waals surface area contributed by atoms with Crippen LogP contribution in [-0.4, -0.2) is 16.9 Å². The molecule has 1 aromatic rings. The van der Waals surface area contributed by atoms with Gasteiger partial charge in [-0.05, 0) is 13.0 Å². The van der Waals surface area contributed by atoms with E-state index in [1.807, 2.05) is 0 Å². The molecule has 0 aliphatic rings. The molecule has 1 heterocycles. The van der Waals surface area contributed by atoms with Gasteiger partial charge in [0.25, 0.3) is 5.92 Å². The van der Waals surface area contributed by atoms with Gasteiger partial charge in [0.1, 0.15) is 0 Å². The number of nitrogens with two attached hydrogens (primary N) is 1. The van der Waals surface area contributed by atoms with Gasteiger partial charge >= 0.3 is 0 Å². The summed E-state index contributed by atoms with van der Waals surface area (Å²) in [5.74, 6) is -2.79. The lowest BCUT2D eigenvalue weighted by Gasteiger charge is -2.22. The first-order valence-electron chi connectivity index (χ1n) is 4.25.